The molecular weight excluding hydrogens is 366 g/mol. The lowest BCUT2D eigenvalue weighted by Gasteiger charge is -2.25. The summed E-state index contributed by atoms with van der Waals surface area (Å²) >= 11 is 0. The van der Waals surface area contributed by atoms with Crippen molar-refractivity contribution in [1.82, 2.24) is 19.4 Å². The van der Waals surface area contributed by atoms with E-state index in [0.29, 0.717) is 19.0 Å². The lowest BCUT2D eigenvalue weighted by Crippen LogP contribution is -2.30. The Hall–Kier alpha value is -3.22. The first kappa shape index (κ1) is 19.1. The van der Waals surface area contributed by atoms with Gasteiger partial charge in [0.2, 0.25) is 17.8 Å². The molecular formula is C22H25N5O2. The summed E-state index contributed by atoms with van der Waals surface area (Å²) in [5.74, 6) is -0.0958. The Balaban J connectivity index is 1.52. The third-order valence-corrected chi connectivity index (χ3v) is 5.13. The molecule has 7 heteroatoms. The molecule has 1 atom stereocenters. The number of aromatic nitrogens is 3. The van der Waals surface area contributed by atoms with Crippen molar-refractivity contribution in [2.24, 2.45) is 5.92 Å². The average Bonchev–Trinajstić information content (AvgIpc) is 3.22. The van der Waals surface area contributed by atoms with Crippen LogP contribution < -0.4 is 5.32 Å². The third kappa shape index (κ3) is 3.85. The number of imidazole rings is 1. The minimum absolute atomic E-state index is 0.0277. The highest BCUT2D eigenvalue weighted by molar-refractivity contribution is 5.97. The summed E-state index contributed by atoms with van der Waals surface area (Å²) in [7, 11) is 0. The Kier molecular flexibility index (Phi) is 4.82. The maximum absolute atomic E-state index is 13.0. The van der Waals surface area contributed by atoms with E-state index in [1.807, 2.05) is 47.0 Å². The molecule has 3 aromatic rings. The molecule has 0 aliphatic carbocycles. The van der Waals surface area contributed by atoms with E-state index >= 15 is 0 Å². The molecule has 1 unspecified atom stereocenters. The summed E-state index contributed by atoms with van der Waals surface area (Å²) in [5, 5.41) is 2.97. The summed E-state index contributed by atoms with van der Waals surface area (Å²) in [6.07, 6.45) is 1.91. The highest BCUT2D eigenvalue weighted by Gasteiger charge is 2.35. The van der Waals surface area contributed by atoms with Crippen LogP contribution in [0.1, 0.15) is 32.9 Å². The van der Waals surface area contributed by atoms with Crippen LogP contribution in [0.2, 0.25) is 0 Å². The van der Waals surface area contributed by atoms with Gasteiger partial charge in [-0.25, -0.2) is 4.98 Å². The second-order valence-corrected chi connectivity index (χ2v) is 8.42. The highest BCUT2D eigenvalue weighted by atomic mass is 16.2. The number of nitrogens with zero attached hydrogens (tertiary/aromatic N) is 4. The standard InChI is InChI=1S/C22H25N5O2/c1-22(2,3)27-18-10-5-4-9-17(18)24-21(27)25-20(29)15-12-19(28)26(13-15)14-16-8-6-7-11-23-16/h4-11,15H,12-14H2,1-3H3,(H,24,25,29). The molecule has 1 aliphatic heterocycles. The fourth-order valence-corrected chi connectivity index (χ4v) is 3.79. The monoisotopic (exact) mass is 391 g/mol. The van der Waals surface area contributed by atoms with E-state index in [0.717, 1.165) is 16.7 Å². The van der Waals surface area contributed by atoms with Gasteiger partial charge < -0.3 is 9.47 Å². The Labute approximate surface area is 169 Å². The van der Waals surface area contributed by atoms with Crippen molar-refractivity contribution in [3.8, 4) is 0 Å². The van der Waals surface area contributed by atoms with Crippen LogP contribution in [0.5, 0.6) is 0 Å². The smallest absolute Gasteiger partial charge is 0.232 e. The molecule has 2 aromatic heterocycles. The van der Waals surface area contributed by atoms with Crippen LogP contribution in [-0.4, -0.2) is 37.8 Å². The van der Waals surface area contributed by atoms with Crippen molar-refractivity contribution in [2.75, 3.05) is 11.9 Å². The molecule has 2 amide bonds. The highest BCUT2D eigenvalue weighted by Crippen LogP contribution is 2.29. The van der Waals surface area contributed by atoms with Gasteiger partial charge in [-0.1, -0.05) is 18.2 Å². The molecule has 0 radical (unpaired) electrons. The van der Waals surface area contributed by atoms with Crippen LogP contribution in [-0.2, 0) is 21.7 Å². The van der Waals surface area contributed by atoms with Gasteiger partial charge in [-0.15, -0.1) is 0 Å². The van der Waals surface area contributed by atoms with Crippen molar-refractivity contribution in [3.05, 3.63) is 54.4 Å². The number of fused-ring (bicyclic) bond motifs is 1. The first-order valence-corrected chi connectivity index (χ1v) is 9.79. The molecule has 1 fully saturated rings. The fourth-order valence-electron chi connectivity index (χ4n) is 3.79. The van der Waals surface area contributed by atoms with Crippen LogP contribution in [0, 0.1) is 5.92 Å². The van der Waals surface area contributed by atoms with Gasteiger partial charge in [-0.05, 0) is 45.0 Å². The van der Waals surface area contributed by atoms with E-state index in [9.17, 15) is 9.59 Å². The third-order valence-electron chi connectivity index (χ3n) is 5.13. The van der Waals surface area contributed by atoms with Crippen molar-refractivity contribution < 1.29 is 9.59 Å². The number of likely N-dealkylation sites (tertiary alicyclic amines) is 1. The number of hydrogen-bond acceptors (Lipinski definition) is 4. The number of nitrogens with one attached hydrogen (secondary N) is 1. The summed E-state index contributed by atoms with van der Waals surface area (Å²) in [6.45, 7) is 7.03. The van der Waals surface area contributed by atoms with E-state index in [2.05, 4.69) is 36.1 Å². The van der Waals surface area contributed by atoms with Crippen LogP contribution in [0.25, 0.3) is 11.0 Å². The molecule has 150 valence electrons. The van der Waals surface area contributed by atoms with Crippen molar-refractivity contribution in [1.29, 1.82) is 0 Å². The molecule has 0 bridgehead atoms. The molecule has 3 heterocycles. The Morgan fingerprint density at radius 2 is 1.93 bits per heavy atom. The zero-order valence-electron chi connectivity index (χ0n) is 16.9. The van der Waals surface area contributed by atoms with Crippen molar-refractivity contribution in [2.45, 2.75) is 39.3 Å². The van der Waals surface area contributed by atoms with E-state index < -0.39 is 5.92 Å². The van der Waals surface area contributed by atoms with Crippen LogP contribution in [0.3, 0.4) is 0 Å². The Morgan fingerprint density at radius 3 is 2.66 bits per heavy atom. The number of para-hydroxylation sites is 2. The van der Waals surface area contributed by atoms with Gasteiger partial charge in [-0.2, -0.15) is 0 Å². The van der Waals surface area contributed by atoms with Crippen LogP contribution >= 0.6 is 0 Å². The van der Waals surface area contributed by atoms with Gasteiger partial charge in [0.15, 0.2) is 0 Å². The topological polar surface area (TPSA) is 80.1 Å². The Morgan fingerprint density at radius 1 is 1.17 bits per heavy atom. The largest absolute Gasteiger partial charge is 0.336 e. The summed E-state index contributed by atoms with van der Waals surface area (Å²) < 4.78 is 2.03. The molecule has 29 heavy (non-hydrogen) atoms. The van der Waals surface area contributed by atoms with Gasteiger partial charge in [0, 0.05) is 24.7 Å². The van der Waals surface area contributed by atoms with Gasteiger partial charge in [0.1, 0.15) is 0 Å². The molecule has 0 spiro atoms. The lowest BCUT2D eigenvalue weighted by atomic mass is 10.1. The predicted octanol–water partition coefficient (Wildman–Crippen LogP) is 3.17. The first-order valence-electron chi connectivity index (χ1n) is 9.79. The number of carbonyl (C=O) groups is 2. The quantitative estimate of drug-likeness (QED) is 0.741. The van der Waals surface area contributed by atoms with Gasteiger partial charge in [0.25, 0.3) is 0 Å². The molecule has 1 N–H and O–H groups in total. The van der Waals surface area contributed by atoms with Gasteiger partial charge >= 0.3 is 0 Å². The molecule has 4 rings (SSSR count). The zero-order valence-corrected chi connectivity index (χ0v) is 16.9. The number of amides is 2. The first-order chi connectivity index (χ1) is 13.8. The number of pyridine rings is 1. The summed E-state index contributed by atoms with van der Waals surface area (Å²) in [5.41, 5.74) is 2.36. The molecule has 1 saturated heterocycles. The molecule has 7 nitrogen and oxygen atoms in total. The second-order valence-electron chi connectivity index (χ2n) is 8.42. The number of benzene rings is 1. The summed E-state index contributed by atoms with van der Waals surface area (Å²) in [4.78, 5) is 35.9. The van der Waals surface area contributed by atoms with Crippen LogP contribution in [0.15, 0.2) is 48.7 Å². The SMILES string of the molecule is CC(C)(C)n1c(NC(=O)C2CC(=O)N(Cc3ccccn3)C2)nc2ccccc21. The van der Waals surface area contributed by atoms with Crippen molar-refractivity contribution in [3.63, 3.8) is 0 Å². The minimum Gasteiger partial charge on any atom is -0.336 e. The Bertz CT molecular complexity index is 1050. The number of rotatable bonds is 4. The molecule has 0 saturated carbocycles. The fraction of sp³-hybridized carbons (Fsp3) is 0.364. The van der Waals surface area contributed by atoms with E-state index in [1.54, 1.807) is 11.1 Å². The number of carbonyl (C=O) groups excluding carboxylic acids is 2. The van der Waals surface area contributed by atoms with Crippen molar-refractivity contribution >= 4 is 28.8 Å². The van der Waals surface area contributed by atoms with E-state index in [1.165, 1.54) is 0 Å². The number of anilines is 1. The maximum atomic E-state index is 13.0. The van der Waals surface area contributed by atoms with Gasteiger partial charge in [-0.3, -0.25) is 19.9 Å². The molecule has 1 aliphatic rings. The maximum Gasteiger partial charge on any atom is 0.232 e. The van der Waals surface area contributed by atoms with E-state index in [4.69, 9.17) is 0 Å². The number of hydrogen-bond donors (Lipinski definition) is 1. The lowest BCUT2D eigenvalue weighted by molar-refractivity contribution is -0.128. The summed E-state index contributed by atoms with van der Waals surface area (Å²) in [6, 6.07) is 13.4. The zero-order chi connectivity index (χ0) is 20.6. The van der Waals surface area contributed by atoms with E-state index in [-0.39, 0.29) is 23.8 Å². The van der Waals surface area contributed by atoms with Crippen LogP contribution in [0.4, 0.5) is 5.95 Å². The minimum atomic E-state index is -0.403. The van der Waals surface area contributed by atoms with Gasteiger partial charge in [0.05, 0.1) is 29.2 Å². The average molecular weight is 391 g/mol. The molecule has 1 aromatic carbocycles. The predicted molar refractivity (Wildman–Crippen MR) is 111 cm³/mol. The second kappa shape index (κ2) is 7.31. The normalized spacial score (nSPS) is 17.1.